The van der Waals surface area contributed by atoms with E-state index in [9.17, 15) is 0 Å². The Hall–Kier alpha value is -0.320. The number of nitrogens with zero attached hydrogens (tertiary/aromatic N) is 2. The van der Waals surface area contributed by atoms with Crippen molar-refractivity contribution in [2.75, 3.05) is 5.88 Å². The number of alkyl halides is 1. The molecule has 0 aliphatic rings. The van der Waals surface area contributed by atoms with Crippen molar-refractivity contribution in [2.24, 2.45) is 0 Å². The van der Waals surface area contributed by atoms with Gasteiger partial charge in [0.05, 0.1) is 15.9 Å². The minimum absolute atomic E-state index is 0.268. The van der Waals surface area contributed by atoms with Crippen molar-refractivity contribution in [1.29, 1.82) is 0 Å². The van der Waals surface area contributed by atoms with Crippen molar-refractivity contribution in [2.45, 2.75) is 32.7 Å². The Labute approximate surface area is 141 Å². The summed E-state index contributed by atoms with van der Waals surface area (Å²) in [6.45, 7) is 5.00. The van der Waals surface area contributed by atoms with Crippen LogP contribution in [0.25, 0.3) is 0 Å². The molecule has 1 aromatic carbocycles. The minimum Gasteiger partial charge on any atom is -0.268 e. The number of hydrogen-bond acceptors (Lipinski definition) is 1. The Morgan fingerprint density at radius 3 is 2.60 bits per heavy atom. The van der Waals surface area contributed by atoms with Crippen LogP contribution in [-0.4, -0.2) is 15.7 Å². The number of halogens is 3. The molecule has 1 atom stereocenters. The molecule has 2 nitrogen and oxygen atoms in total. The summed E-state index contributed by atoms with van der Waals surface area (Å²) in [7, 11) is 0. The van der Waals surface area contributed by atoms with E-state index >= 15 is 0 Å². The number of benzene rings is 1. The van der Waals surface area contributed by atoms with Gasteiger partial charge in [0.1, 0.15) is 0 Å². The molecule has 108 valence electrons. The number of aromatic nitrogens is 2. The molecule has 0 saturated carbocycles. The molecule has 20 heavy (non-hydrogen) atoms. The van der Waals surface area contributed by atoms with Gasteiger partial charge in [-0.3, -0.25) is 4.68 Å². The first-order chi connectivity index (χ1) is 9.58. The molecular formula is C15H17Br2ClN2. The summed E-state index contributed by atoms with van der Waals surface area (Å²) >= 11 is 13.5. The summed E-state index contributed by atoms with van der Waals surface area (Å²) in [6.07, 6.45) is 0.876. The summed E-state index contributed by atoms with van der Waals surface area (Å²) in [4.78, 5) is 0. The normalized spacial score (nSPS) is 12.7. The second kappa shape index (κ2) is 7.10. The molecular weight excluding hydrogens is 403 g/mol. The fourth-order valence-corrected chi connectivity index (χ4v) is 3.68. The predicted octanol–water partition coefficient (Wildman–Crippen LogP) is 5.30. The lowest BCUT2D eigenvalue weighted by Gasteiger charge is -2.17. The van der Waals surface area contributed by atoms with E-state index in [-0.39, 0.29) is 5.92 Å². The van der Waals surface area contributed by atoms with E-state index in [1.54, 1.807) is 0 Å². The van der Waals surface area contributed by atoms with Crippen LogP contribution in [0.3, 0.4) is 0 Å². The third-order valence-corrected chi connectivity index (χ3v) is 5.55. The third kappa shape index (κ3) is 3.29. The molecule has 0 bridgehead atoms. The van der Waals surface area contributed by atoms with Crippen LogP contribution in [0.1, 0.15) is 29.8 Å². The van der Waals surface area contributed by atoms with E-state index in [1.807, 2.05) is 13.0 Å². The fourth-order valence-electron chi connectivity index (χ4n) is 2.35. The molecule has 1 unspecified atom stereocenters. The van der Waals surface area contributed by atoms with Gasteiger partial charge in [-0.25, -0.2) is 0 Å². The number of aryl methyl sites for hydroxylation is 2. The zero-order chi connectivity index (χ0) is 14.7. The zero-order valence-corrected chi connectivity index (χ0v) is 15.5. The highest BCUT2D eigenvalue weighted by molar-refractivity contribution is 9.10. The Morgan fingerprint density at radius 2 is 2.00 bits per heavy atom. The van der Waals surface area contributed by atoms with E-state index in [2.05, 4.69) is 66.8 Å². The molecule has 2 aromatic rings. The monoisotopic (exact) mass is 418 g/mol. The molecule has 0 amide bonds. The van der Waals surface area contributed by atoms with Crippen molar-refractivity contribution in [3.8, 4) is 0 Å². The molecule has 1 aromatic heterocycles. The van der Waals surface area contributed by atoms with Crippen LogP contribution in [0.2, 0.25) is 0 Å². The molecule has 0 aliphatic heterocycles. The first kappa shape index (κ1) is 16.1. The Bertz CT molecular complexity index is 596. The van der Waals surface area contributed by atoms with Gasteiger partial charge < -0.3 is 0 Å². The SMILES string of the molecule is CCn1nc(C)c(Br)c1CC(CCl)c1ccccc1Br. The lowest BCUT2D eigenvalue weighted by molar-refractivity contribution is 0.594. The highest BCUT2D eigenvalue weighted by atomic mass is 79.9. The molecule has 0 radical (unpaired) electrons. The summed E-state index contributed by atoms with van der Waals surface area (Å²) in [5.74, 6) is 0.855. The number of rotatable bonds is 5. The second-order valence-corrected chi connectivity index (χ2v) is 6.69. The Balaban J connectivity index is 2.34. The van der Waals surface area contributed by atoms with E-state index in [0.717, 1.165) is 27.6 Å². The minimum atomic E-state index is 0.268. The van der Waals surface area contributed by atoms with Gasteiger partial charge in [0.15, 0.2) is 0 Å². The van der Waals surface area contributed by atoms with Gasteiger partial charge in [0.25, 0.3) is 0 Å². The van der Waals surface area contributed by atoms with Gasteiger partial charge in [-0.15, -0.1) is 11.6 Å². The van der Waals surface area contributed by atoms with E-state index < -0.39 is 0 Å². The molecule has 5 heteroatoms. The number of hydrogen-bond donors (Lipinski definition) is 0. The molecule has 0 spiro atoms. The van der Waals surface area contributed by atoms with Gasteiger partial charge in [0, 0.05) is 22.8 Å². The predicted molar refractivity (Wildman–Crippen MR) is 91.6 cm³/mol. The summed E-state index contributed by atoms with van der Waals surface area (Å²) in [5.41, 5.74) is 3.49. The largest absolute Gasteiger partial charge is 0.268 e. The van der Waals surface area contributed by atoms with Gasteiger partial charge in [-0.05, 0) is 47.8 Å². The lowest BCUT2D eigenvalue weighted by atomic mass is 9.96. The average molecular weight is 421 g/mol. The van der Waals surface area contributed by atoms with Crippen LogP contribution in [0.5, 0.6) is 0 Å². The highest BCUT2D eigenvalue weighted by Crippen LogP contribution is 2.32. The highest BCUT2D eigenvalue weighted by Gasteiger charge is 2.19. The molecule has 0 N–H and O–H groups in total. The van der Waals surface area contributed by atoms with Crippen molar-refractivity contribution in [3.63, 3.8) is 0 Å². The molecule has 0 fully saturated rings. The van der Waals surface area contributed by atoms with Gasteiger partial charge >= 0.3 is 0 Å². The van der Waals surface area contributed by atoms with E-state index in [1.165, 1.54) is 11.3 Å². The first-order valence-corrected chi connectivity index (χ1v) is 8.72. The first-order valence-electron chi connectivity index (χ1n) is 6.60. The Morgan fingerprint density at radius 1 is 1.30 bits per heavy atom. The van der Waals surface area contributed by atoms with Crippen LogP contribution in [0, 0.1) is 6.92 Å². The maximum absolute atomic E-state index is 6.21. The third-order valence-electron chi connectivity index (χ3n) is 3.42. The van der Waals surface area contributed by atoms with Gasteiger partial charge in [-0.1, -0.05) is 34.1 Å². The summed E-state index contributed by atoms with van der Waals surface area (Å²) in [5, 5.41) is 4.55. The smallest absolute Gasteiger partial charge is 0.0738 e. The van der Waals surface area contributed by atoms with Gasteiger partial charge in [0.2, 0.25) is 0 Å². The molecule has 2 rings (SSSR count). The molecule has 1 heterocycles. The standard InChI is InChI=1S/C15H17Br2ClN2/c1-3-20-14(15(17)10(2)19-20)8-11(9-18)12-6-4-5-7-13(12)16/h4-7,11H,3,8-9H2,1-2H3. The van der Waals surface area contributed by atoms with Crippen molar-refractivity contribution in [3.05, 3.63) is 50.2 Å². The topological polar surface area (TPSA) is 17.8 Å². The quantitative estimate of drug-likeness (QED) is 0.600. The van der Waals surface area contributed by atoms with Crippen LogP contribution in [0.4, 0.5) is 0 Å². The fraction of sp³-hybridized carbons (Fsp3) is 0.400. The lowest BCUT2D eigenvalue weighted by Crippen LogP contribution is -2.11. The average Bonchev–Trinajstić information content (AvgIpc) is 2.73. The van der Waals surface area contributed by atoms with E-state index in [4.69, 9.17) is 11.6 Å². The van der Waals surface area contributed by atoms with E-state index in [0.29, 0.717) is 5.88 Å². The van der Waals surface area contributed by atoms with Crippen molar-refractivity contribution in [1.82, 2.24) is 9.78 Å². The zero-order valence-electron chi connectivity index (χ0n) is 11.5. The van der Waals surface area contributed by atoms with Crippen LogP contribution in [-0.2, 0) is 13.0 Å². The second-order valence-electron chi connectivity index (χ2n) is 4.74. The molecule has 0 saturated heterocycles. The van der Waals surface area contributed by atoms with Crippen LogP contribution >= 0.6 is 43.5 Å². The molecule has 0 aliphatic carbocycles. The van der Waals surface area contributed by atoms with Crippen molar-refractivity contribution >= 4 is 43.5 Å². The maximum atomic E-state index is 6.21. The summed E-state index contributed by atoms with van der Waals surface area (Å²) in [6, 6.07) is 8.27. The van der Waals surface area contributed by atoms with Crippen LogP contribution < -0.4 is 0 Å². The Kier molecular flexibility index (Phi) is 5.70. The summed E-state index contributed by atoms with van der Waals surface area (Å²) < 4.78 is 4.26. The van der Waals surface area contributed by atoms with Gasteiger partial charge in [-0.2, -0.15) is 5.10 Å². The van der Waals surface area contributed by atoms with Crippen LogP contribution in [0.15, 0.2) is 33.2 Å². The van der Waals surface area contributed by atoms with Crippen molar-refractivity contribution < 1.29 is 0 Å². The maximum Gasteiger partial charge on any atom is 0.0738 e.